The number of anilines is 2. The molecular formula is C29H28Cl2N4O5. The molecule has 0 aromatic heterocycles. The van der Waals surface area contributed by atoms with Crippen molar-refractivity contribution >= 4 is 58.4 Å². The molecule has 0 saturated carbocycles. The van der Waals surface area contributed by atoms with Gasteiger partial charge in [0.1, 0.15) is 6.04 Å². The van der Waals surface area contributed by atoms with Gasteiger partial charge in [-0.3, -0.25) is 9.59 Å². The van der Waals surface area contributed by atoms with E-state index in [1.165, 1.54) is 0 Å². The zero-order chi connectivity index (χ0) is 28.6. The van der Waals surface area contributed by atoms with Gasteiger partial charge in [-0.1, -0.05) is 53.5 Å². The van der Waals surface area contributed by atoms with Crippen LogP contribution in [0.2, 0.25) is 10.0 Å². The molecule has 4 amide bonds. The van der Waals surface area contributed by atoms with E-state index in [2.05, 4.69) is 16.0 Å². The van der Waals surface area contributed by atoms with E-state index in [9.17, 15) is 24.3 Å². The van der Waals surface area contributed by atoms with Crippen LogP contribution in [0.5, 0.6) is 0 Å². The van der Waals surface area contributed by atoms with Crippen LogP contribution in [-0.4, -0.2) is 53.0 Å². The zero-order valence-corrected chi connectivity index (χ0v) is 23.0. The average Bonchev–Trinajstić information content (AvgIpc) is 2.94. The van der Waals surface area contributed by atoms with E-state index in [4.69, 9.17) is 23.2 Å². The molecule has 40 heavy (non-hydrogen) atoms. The molecule has 1 aliphatic rings. The van der Waals surface area contributed by atoms with E-state index in [1.54, 1.807) is 71.6 Å². The van der Waals surface area contributed by atoms with Crippen molar-refractivity contribution in [3.63, 3.8) is 0 Å². The monoisotopic (exact) mass is 582 g/mol. The van der Waals surface area contributed by atoms with Gasteiger partial charge < -0.3 is 26.0 Å². The topological polar surface area (TPSA) is 128 Å². The number of nitrogens with zero attached hydrogens (tertiary/aromatic N) is 1. The summed E-state index contributed by atoms with van der Waals surface area (Å²) >= 11 is 12.2. The van der Waals surface area contributed by atoms with Crippen molar-refractivity contribution in [2.24, 2.45) is 0 Å². The Morgan fingerprint density at radius 1 is 0.825 bits per heavy atom. The standard InChI is InChI=1S/C29H28Cl2N4O5/c30-21-8-6-9-22(31)25(21)26(36)32-19-13-11-18(12-14-19)17-24(28(38)39)34-29(40)33-23-10-3-2-7-20(23)27(37)35-15-4-1-5-16-35/h2-3,6-14,24H,1,4-5,15-17H2,(H,32,36)(H,38,39)(H2,33,34,40). The van der Waals surface area contributed by atoms with Gasteiger partial charge in [-0.2, -0.15) is 0 Å². The van der Waals surface area contributed by atoms with Crippen molar-refractivity contribution in [3.05, 3.63) is 93.5 Å². The Balaban J connectivity index is 1.38. The first-order valence-electron chi connectivity index (χ1n) is 12.8. The maximum Gasteiger partial charge on any atom is 0.326 e. The number of hydrogen-bond donors (Lipinski definition) is 4. The van der Waals surface area contributed by atoms with E-state index >= 15 is 0 Å². The van der Waals surface area contributed by atoms with E-state index < -0.39 is 23.9 Å². The molecule has 1 atom stereocenters. The lowest BCUT2D eigenvalue weighted by atomic mass is 10.1. The molecule has 11 heteroatoms. The first-order chi connectivity index (χ1) is 19.2. The molecule has 1 unspecified atom stereocenters. The van der Waals surface area contributed by atoms with Gasteiger partial charge in [0, 0.05) is 25.2 Å². The molecule has 9 nitrogen and oxygen atoms in total. The number of aliphatic carboxylic acids is 1. The third kappa shape index (κ3) is 7.31. The predicted octanol–water partition coefficient (Wildman–Crippen LogP) is 5.69. The van der Waals surface area contributed by atoms with Crippen LogP contribution in [0.4, 0.5) is 16.2 Å². The highest BCUT2D eigenvalue weighted by atomic mass is 35.5. The van der Waals surface area contributed by atoms with Gasteiger partial charge in [-0.05, 0) is 61.2 Å². The van der Waals surface area contributed by atoms with Gasteiger partial charge in [-0.25, -0.2) is 9.59 Å². The van der Waals surface area contributed by atoms with E-state index in [-0.39, 0.29) is 27.9 Å². The van der Waals surface area contributed by atoms with Gasteiger partial charge in [0.2, 0.25) is 0 Å². The fourth-order valence-corrected chi connectivity index (χ4v) is 5.00. The molecule has 208 valence electrons. The fraction of sp³-hybridized carbons (Fsp3) is 0.241. The highest BCUT2D eigenvalue weighted by Crippen LogP contribution is 2.25. The molecule has 1 saturated heterocycles. The second-order valence-electron chi connectivity index (χ2n) is 9.34. The number of carboxylic acid groups (broad SMARTS) is 1. The fourth-order valence-electron chi connectivity index (χ4n) is 4.43. The molecule has 1 aliphatic heterocycles. The van der Waals surface area contributed by atoms with Crippen molar-refractivity contribution in [3.8, 4) is 0 Å². The molecule has 4 N–H and O–H groups in total. The highest BCUT2D eigenvalue weighted by Gasteiger charge is 2.24. The van der Waals surface area contributed by atoms with Gasteiger partial charge in [-0.15, -0.1) is 0 Å². The second kappa shape index (κ2) is 13.3. The van der Waals surface area contributed by atoms with Crippen LogP contribution in [0.25, 0.3) is 0 Å². The number of nitrogens with one attached hydrogen (secondary N) is 3. The van der Waals surface area contributed by atoms with Crippen LogP contribution in [0, 0.1) is 0 Å². The first-order valence-corrected chi connectivity index (χ1v) is 13.5. The highest BCUT2D eigenvalue weighted by molar-refractivity contribution is 6.40. The molecule has 0 bridgehead atoms. The van der Waals surface area contributed by atoms with E-state index in [0.717, 1.165) is 19.3 Å². The third-order valence-corrected chi connectivity index (χ3v) is 7.12. The van der Waals surface area contributed by atoms with Crippen LogP contribution >= 0.6 is 23.2 Å². The van der Waals surface area contributed by atoms with Gasteiger partial charge in [0.05, 0.1) is 26.9 Å². The Morgan fingerprint density at radius 3 is 2.12 bits per heavy atom. The summed E-state index contributed by atoms with van der Waals surface area (Å²) in [7, 11) is 0. The molecular weight excluding hydrogens is 555 g/mol. The van der Waals surface area contributed by atoms with Crippen molar-refractivity contribution < 1.29 is 24.3 Å². The van der Waals surface area contributed by atoms with E-state index in [0.29, 0.717) is 35.6 Å². The number of amides is 4. The number of rotatable bonds is 8. The lowest BCUT2D eigenvalue weighted by molar-refractivity contribution is -0.139. The van der Waals surface area contributed by atoms with Crippen LogP contribution in [0.3, 0.4) is 0 Å². The minimum absolute atomic E-state index is 0.0122. The van der Waals surface area contributed by atoms with Gasteiger partial charge in [0.25, 0.3) is 11.8 Å². The number of hydrogen-bond acceptors (Lipinski definition) is 4. The summed E-state index contributed by atoms with van der Waals surface area (Å²) in [6.45, 7) is 1.33. The summed E-state index contributed by atoms with van der Waals surface area (Å²) in [5.41, 5.74) is 1.87. The minimum atomic E-state index is -1.24. The van der Waals surface area contributed by atoms with Gasteiger partial charge >= 0.3 is 12.0 Å². The van der Waals surface area contributed by atoms with E-state index in [1.807, 2.05) is 0 Å². The molecule has 1 heterocycles. The number of urea groups is 1. The predicted molar refractivity (Wildman–Crippen MR) is 154 cm³/mol. The Hall–Kier alpha value is -4.08. The molecule has 0 aliphatic carbocycles. The van der Waals surface area contributed by atoms with Crippen LogP contribution in [0.1, 0.15) is 45.5 Å². The van der Waals surface area contributed by atoms with Crippen molar-refractivity contribution in [1.29, 1.82) is 0 Å². The van der Waals surface area contributed by atoms with Crippen LogP contribution in [-0.2, 0) is 11.2 Å². The summed E-state index contributed by atoms with van der Waals surface area (Å²) in [4.78, 5) is 52.0. The zero-order valence-electron chi connectivity index (χ0n) is 21.5. The first kappa shape index (κ1) is 28.9. The Kier molecular flexibility index (Phi) is 9.63. The number of carbonyl (C=O) groups excluding carboxylic acids is 3. The molecule has 0 spiro atoms. The summed E-state index contributed by atoms with van der Waals surface area (Å²) in [6, 6.07) is 15.9. The number of carboxylic acids is 1. The number of benzene rings is 3. The molecule has 1 fully saturated rings. The van der Waals surface area contributed by atoms with Crippen LogP contribution in [0.15, 0.2) is 66.7 Å². The van der Waals surface area contributed by atoms with Crippen LogP contribution < -0.4 is 16.0 Å². The quantitative estimate of drug-likeness (QED) is 0.271. The largest absolute Gasteiger partial charge is 0.480 e. The summed E-state index contributed by atoms with van der Waals surface area (Å²) in [6.07, 6.45) is 2.94. The maximum atomic E-state index is 13.0. The molecule has 3 aromatic carbocycles. The Labute approximate surface area is 241 Å². The lowest BCUT2D eigenvalue weighted by Gasteiger charge is -2.27. The van der Waals surface area contributed by atoms with Gasteiger partial charge in [0.15, 0.2) is 0 Å². The summed E-state index contributed by atoms with van der Waals surface area (Å²) < 4.78 is 0. The number of carbonyl (C=O) groups is 4. The number of piperidine rings is 1. The third-order valence-electron chi connectivity index (χ3n) is 6.49. The van der Waals surface area contributed by atoms with Crippen molar-refractivity contribution in [1.82, 2.24) is 10.2 Å². The average molecular weight is 583 g/mol. The minimum Gasteiger partial charge on any atom is -0.480 e. The molecule has 3 aromatic rings. The molecule has 0 radical (unpaired) electrons. The lowest BCUT2D eigenvalue weighted by Crippen LogP contribution is -2.44. The smallest absolute Gasteiger partial charge is 0.326 e. The SMILES string of the molecule is O=C(Nc1ccccc1C(=O)N1CCCCC1)NC(Cc1ccc(NC(=O)c2c(Cl)cccc2Cl)cc1)C(=O)O. The Morgan fingerprint density at radius 2 is 1.48 bits per heavy atom. The van der Waals surface area contributed by atoms with Crippen molar-refractivity contribution in [2.75, 3.05) is 23.7 Å². The summed E-state index contributed by atoms with van der Waals surface area (Å²) in [5.74, 6) is -1.88. The number of halogens is 2. The number of para-hydroxylation sites is 1. The van der Waals surface area contributed by atoms with Crippen molar-refractivity contribution in [2.45, 2.75) is 31.7 Å². The Bertz CT molecular complexity index is 1390. The maximum absolute atomic E-state index is 13.0. The summed E-state index contributed by atoms with van der Waals surface area (Å²) in [5, 5.41) is 18.0. The normalized spacial score (nSPS) is 13.7. The number of likely N-dealkylation sites (tertiary alicyclic amines) is 1. The molecule has 4 rings (SSSR count). The second-order valence-corrected chi connectivity index (χ2v) is 10.2.